The number of thiazole rings is 1. The molecular weight excluding hydrogens is 258 g/mol. The molecule has 1 saturated carbocycles. The first-order valence-electron chi connectivity index (χ1n) is 7.07. The maximum absolute atomic E-state index is 11.5. The van der Waals surface area contributed by atoms with Crippen molar-refractivity contribution in [3.05, 3.63) is 11.1 Å². The zero-order valence-electron chi connectivity index (χ0n) is 12.0. The molecule has 5 heteroatoms. The Balaban J connectivity index is 1.87. The monoisotopic (exact) mass is 281 g/mol. The van der Waals surface area contributed by atoms with Gasteiger partial charge >= 0.3 is 0 Å². The van der Waals surface area contributed by atoms with Crippen molar-refractivity contribution in [3.8, 4) is 0 Å². The molecule has 1 aliphatic carbocycles. The van der Waals surface area contributed by atoms with Crippen molar-refractivity contribution in [1.82, 2.24) is 10.3 Å². The molecule has 2 rings (SSSR count). The molecule has 0 radical (unpaired) electrons. The van der Waals surface area contributed by atoms with E-state index in [2.05, 4.69) is 17.2 Å². The fourth-order valence-electron chi connectivity index (χ4n) is 2.37. The van der Waals surface area contributed by atoms with Gasteiger partial charge in [-0.05, 0) is 32.6 Å². The van der Waals surface area contributed by atoms with Crippen molar-refractivity contribution in [2.45, 2.75) is 52.6 Å². The van der Waals surface area contributed by atoms with Crippen LogP contribution in [0.5, 0.6) is 0 Å². The Bertz CT molecular complexity index is 428. The molecule has 1 aromatic rings. The number of carbonyl (C=O) groups is 1. The topological polar surface area (TPSA) is 45.2 Å². The molecule has 4 nitrogen and oxygen atoms in total. The van der Waals surface area contributed by atoms with E-state index in [4.69, 9.17) is 0 Å². The zero-order chi connectivity index (χ0) is 13.8. The number of nitrogens with one attached hydrogen (secondary N) is 1. The van der Waals surface area contributed by atoms with Crippen LogP contribution in [0.25, 0.3) is 0 Å². The van der Waals surface area contributed by atoms with Crippen LogP contribution in [0, 0.1) is 5.92 Å². The summed E-state index contributed by atoms with van der Waals surface area (Å²) in [7, 11) is 0. The third kappa shape index (κ3) is 3.54. The molecule has 0 aromatic carbocycles. The van der Waals surface area contributed by atoms with Gasteiger partial charge in [-0.2, -0.15) is 0 Å². The highest BCUT2D eigenvalue weighted by Crippen LogP contribution is 2.29. The minimum atomic E-state index is 0.0548. The van der Waals surface area contributed by atoms with E-state index in [1.54, 1.807) is 23.2 Å². The average Bonchev–Trinajstić information content (AvgIpc) is 2.73. The van der Waals surface area contributed by atoms with Gasteiger partial charge in [0.05, 0.1) is 5.69 Å². The number of anilines is 1. The molecule has 0 saturated heterocycles. The fourth-order valence-corrected chi connectivity index (χ4v) is 3.30. The van der Waals surface area contributed by atoms with Crippen LogP contribution in [-0.2, 0) is 11.3 Å². The molecule has 0 aliphatic heterocycles. The van der Waals surface area contributed by atoms with Crippen molar-refractivity contribution in [1.29, 1.82) is 0 Å². The summed E-state index contributed by atoms with van der Waals surface area (Å²) in [6.45, 7) is 7.28. The summed E-state index contributed by atoms with van der Waals surface area (Å²) in [4.78, 5) is 17.7. The molecule has 0 spiro atoms. The molecule has 1 amide bonds. The lowest BCUT2D eigenvalue weighted by atomic mass is 9.80. The highest BCUT2D eigenvalue weighted by molar-refractivity contribution is 7.14. The standard InChI is InChI=1S/C14H23N3OS/c1-4-17(11(3)18)14-16-13(9-19-14)8-15-10(2)12-6-5-7-12/h9-10,12,15H,4-8H2,1-3H3. The second-order valence-corrected chi connectivity index (χ2v) is 6.08. The molecule has 0 bridgehead atoms. The molecule has 19 heavy (non-hydrogen) atoms. The Kier molecular flexibility index (Phi) is 4.93. The summed E-state index contributed by atoms with van der Waals surface area (Å²) in [5.74, 6) is 0.890. The second kappa shape index (κ2) is 6.48. The van der Waals surface area contributed by atoms with Gasteiger partial charge in [-0.25, -0.2) is 4.98 Å². The van der Waals surface area contributed by atoms with Crippen molar-refractivity contribution >= 4 is 22.4 Å². The van der Waals surface area contributed by atoms with E-state index in [9.17, 15) is 4.79 Å². The van der Waals surface area contributed by atoms with E-state index >= 15 is 0 Å². The molecule has 1 atom stereocenters. The van der Waals surface area contributed by atoms with Crippen molar-refractivity contribution in [2.24, 2.45) is 5.92 Å². The number of nitrogens with zero attached hydrogens (tertiary/aromatic N) is 2. The molecule has 1 fully saturated rings. The van der Waals surface area contributed by atoms with Crippen LogP contribution in [0.15, 0.2) is 5.38 Å². The van der Waals surface area contributed by atoms with E-state index in [0.29, 0.717) is 12.6 Å². The molecule has 1 heterocycles. The van der Waals surface area contributed by atoms with Gasteiger partial charge < -0.3 is 5.32 Å². The molecule has 106 valence electrons. The smallest absolute Gasteiger partial charge is 0.225 e. The number of hydrogen-bond donors (Lipinski definition) is 1. The summed E-state index contributed by atoms with van der Waals surface area (Å²) in [5, 5.41) is 6.39. The summed E-state index contributed by atoms with van der Waals surface area (Å²) in [6, 6.07) is 0.564. The fraction of sp³-hybridized carbons (Fsp3) is 0.714. The Labute approximate surface area is 119 Å². The lowest BCUT2D eigenvalue weighted by Crippen LogP contribution is -2.36. The van der Waals surface area contributed by atoms with E-state index in [-0.39, 0.29) is 5.91 Å². The van der Waals surface area contributed by atoms with Crippen molar-refractivity contribution in [3.63, 3.8) is 0 Å². The van der Waals surface area contributed by atoms with Gasteiger partial charge in [-0.15, -0.1) is 11.3 Å². The van der Waals surface area contributed by atoms with Gasteiger partial charge in [0, 0.05) is 31.4 Å². The largest absolute Gasteiger partial charge is 0.308 e. The van der Waals surface area contributed by atoms with Gasteiger partial charge in [0.1, 0.15) is 0 Å². The van der Waals surface area contributed by atoms with Crippen LogP contribution >= 0.6 is 11.3 Å². The summed E-state index contributed by atoms with van der Waals surface area (Å²) in [5.41, 5.74) is 1.03. The third-order valence-electron chi connectivity index (χ3n) is 3.93. The highest BCUT2D eigenvalue weighted by Gasteiger charge is 2.23. The molecule has 1 aliphatic rings. The average molecular weight is 281 g/mol. The zero-order valence-corrected chi connectivity index (χ0v) is 12.8. The van der Waals surface area contributed by atoms with E-state index in [1.807, 2.05) is 12.3 Å². The summed E-state index contributed by atoms with van der Waals surface area (Å²) >= 11 is 1.54. The first-order chi connectivity index (χ1) is 9.11. The van der Waals surface area contributed by atoms with Crippen LogP contribution in [-0.4, -0.2) is 23.5 Å². The lowest BCUT2D eigenvalue weighted by molar-refractivity contribution is -0.116. The minimum absolute atomic E-state index is 0.0548. The number of rotatable bonds is 6. The normalized spacial score (nSPS) is 17.0. The van der Waals surface area contributed by atoms with Crippen molar-refractivity contribution < 1.29 is 4.79 Å². The summed E-state index contributed by atoms with van der Waals surface area (Å²) < 4.78 is 0. The van der Waals surface area contributed by atoms with Gasteiger partial charge in [0.25, 0.3) is 0 Å². The third-order valence-corrected chi connectivity index (χ3v) is 4.84. The predicted molar refractivity (Wildman–Crippen MR) is 79.5 cm³/mol. The predicted octanol–water partition coefficient (Wildman–Crippen LogP) is 2.79. The van der Waals surface area contributed by atoms with Gasteiger partial charge in [-0.1, -0.05) is 6.42 Å². The first kappa shape index (κ1) is 14.5. The quantitative estimate of drug-likeness (QED) is 0.872. The Morgan fingerprint density at radius 2 is 2.37 bits per heavy atom. The van der Waals surface area contributed by atoms with E-state index in [0.717, 1.165) is 23.3 Å². The maximum atomic E-state index is 11.5. The number of amides is 1. The number of carbonyl (C=O) groups excluding carboxylic acids is 1. The number of hydrogen-bond acceptors (Lipinski definition) is 4. The Morgan fingerprint density at radius 1 is 1.63 bits per heavy atom. The van der Waals surface area contributed by atoms with E-state index in [1.165, 1.54) is 19.3 Å². The Hall–Kier alpha value is -0.940. The van der Waals surface area contributed by atoms with E-state index < -0.39 is 0 Å². The van der Waals surface area contributed by atoms with Gasteiger partial charge in [0.2, 0.25) is 5.91 Å². The SMILES string of the molecule is CCN(C(C)=O)c1nc(CNC(C)C2CCC2)cs1. The molecule has 1 N–H and O–H groups in total. The van der Waals surface area contributed by atoms with Crippen molar-refractivity contribution in [2.75, 3.05) is 11.4 Å². The minimum Gasteiger partial charge on any atom is -0.308 e. The lowest BCUT2D eigenvalue weighted by Gasteiger charge is -2.31. The van der Waals surface area contributed by atoms with Gasteiger partial charge in [-0.3, -0.25) is 9.69 Å². The molecule has 1 unspecified atom stereocenters. The maximum Gasteiger partial charge on any atom is 0.225 e. The van der Waals surface area contributed by atoms with Crippen LogP contribution in [0.2, 0.25) is 0 Å². The molecular formula is C14H23N3OS. The van der Waals surface area contributed by atoms with Crippen LogP contribution in [0.3, 0.4) is 0 Å². The summed E-state index contributed by atoms with van der Waals surface area (Å²) in [6.07, 6.45) is 4.08. The van der Waals surface area contributed by atoms with Gasteiger partial charge in [0.15, 0.2) is 5.13 Å². The highest BCUT2D eigenvalue weighted by atomic mass is 32.1. The second-order valence-electron chi connectivity index (χ2n) is 5.25. The van der Waals surface area contributed by atoms with Crippen LogP contribution < -0.4 is 10.2 Å². The van der Waals surface area contributed by atoms with Crippen LogP contribution in [0.1, 0.15) is 45.7 Å². The first-order valence-corrected chi connectivity index (χ1v) is 7.95. The van der Waals surface area contributed by atoms with Crippen LogP contribution in [0.4, 0.5) is 5.13 Å². The Morgan fingerprint density at radius 3 is 2.89 bits per heavy atom. The number of aromatic nitrogens is 1. The molecule has 1 aromatic heterocycles.